The van der Waals surface area contributed by atoms with Crippen LogP contribution >= 0.6 is 11.8 Å². The first-order valence-corrected chi connectivity index (χ1v) is 8.49. The van der Waals surface area contributed by atoms with Gasteiger partial charge in [-0.2, -0.15) is 0 Å². The number of hydrogen-bond donors (Lipinski definition) is 1. The van der Waals surface area contributed by atoms with Crippen molar-refractivity contribution in [2.24, 2.45) is 0 Å². The van der Waals surface area contributed by atoms with Crippen molar-refractivity contribution in [3.63, 3.8) is 0 Å². The molecule has 23 heavy (non-hydrogen) atoms. The van der Waals surface area contributed by atoms with Gasteiger partial charge in [0.25, 0.3) is 0 Å². The summed E-state index contributed by atoms with van der Waals surface area (Å²) in [6.07, 6.45) is 1.09. The van der Waals surface area contributed by atoms with Crippen LogP contribution in [0.3, 0.4) is 0 Å². The standard InChI is InChI=1S/C18H18FNO2S/c1-22-14-4-2-3-12(9-14)10-18(21)20-16-7-8-23-17-6-5-13(19)11-15(16)17/h2-6,9,11,16H,7-8,10H2,1H3,(H,20,21)/t16-/m0/s1. The molecular formula is C18H18FNO2S. The summed E-state index contributed by atoms with van der Waals surface area (Å²) in [7, 11) is 1.60. The topological polar surface area (TPSA) is 38.3 Å². The summed E-state index contributed by atoms with van der Waals surface area (Å²) in [6, 6.07) is 12.1. The van der Waals surface area contributed by atoms with Gasteiger partial charge in [0, 0.05) is 10.6 Å². The van der Waals surface area contributed by atoms with Gasteiger partial charge in [-0.05, 0) is 47.9 Å². The summed E-state index contributed by atoms with van der Waals surface area (Å²) >= 11 is 1.70. The zero-order valence-corrected chi connectivity index (χ0v) is 13.7. The van der Waals surface area contributed by atoms with Crippen molar-refractivity contribution in [3.8, 4) is 5.75 Å². The molecule has 0 fully saturated rings. The Balaban J connectivity index is 1.70. The minimum absolute atomic E-state index is 0.0645. The van der Waals surface area contributed by atoms with E-state index in [1.54, 1.807) is 24.9 Å². The smallest absolute Gasteiger partial charge is 0.224 e. The summed E-state index contributed by atoms with van der Waals surface area (Å²) in [5.74, 6) is 1.32. The number of fused-ring (bicyclic) bond motifs is 1. The van der Waals surface area contributed by atoms with Crippen LogP contribution < -0.4 is 10.1 Å². The fourth-order valence-corrected chi connectivity index (χ4v) is 3.83. The van der Waals surface area contributed by atoms with Gasteiger partial charge in [0.1, 0.15) is 11.6 Å². The molecule has 5 heteroatoms. The normalized spacial score (nSPS) is 16.5. The fourth-order valence-electron chi connectivity index (χ4n) is 2.73. The number of carbonyl (C=O) groups excluding carboxylic acids is 1. The van der Waals surface area contributed by atoms with Crippen LogP contribution in [0.4, 0.5) is 4.39 Å². The van der Waals surface area contributed by atoms with Crippen LogP contribution in [0.25, 0.3) is 0 Å². The number of rotatable bonds is 4. The van der Waals surface area contributed by atoms with Crippen molar-refractivity contribution in [1.29, 1.82) is 0 Å². The Labute approximate surface area is 139 Å². The molecule has 0 unspecified atom stereocenters. The van der Waals surface area contributed by atoms with Gasteiger partial charge in [-0.25, -0.2) is 4.39 Å². The summed E-state index contributed by atoms with van der Waals surface area (Å²) < 4.78 is 18.7. The van der Waals surface area contributed by atoms with Crippen LogP contribution in [0.2, 0.25) is 0 Å². The highest BCUT2D eigenvalue weighted by atomic mass is 32.2. The van der Waals surface area contributed by atoms with Crippen LogP contribution in [-0.2, 0) is 11.2 Å². The molecule has 3 nitrogen and oxygen atoms in total. The van der Waals surface area contributed by atoms with E-state index < -0.39 is 0 Å². The lowest BCUT2D eigenvalue weighted by Gasteiger charge is -2.26. The SMILES string of the molecule is COc1cccc(CC(=O)N[C@H]2CCSc3ccc(F)cc32)c1. The van der Waals surface area contributed by atoms with E-state index in [1.165, 1.54) is 12.1 Å². The molecule has 3 rings (SSSR count). The van der Waals surface area contributed by atoms with Gasteiger partial charge >= 0.3 is 0 Å². The van der Waals surface area contributed by atoms with Gasteiger partial charge in [-0.3, -0.25) is 4.79 Å². The number of amides is 1. The van der Waals surface area contributed by atoms with E-state index in [-0.39, 0.29) is 24.2 Å². The maximum atomic E-state index is 13.5. The van der Waals surface area contributed by atoms with Crippen LogP contribution in [0.1, 0.15) is 23.6 Å². The fraction of sp³-hybridized carbons (Fsp3) is 0.278. The molecule has 1 atom stereocenters. The molecule has 1 N–H and O–H groups in total. The number of benzene rings is 2. The third kappa shape index (κ3) is 3.85. The van der Waals surface area contributed by atoms with E-state index in [1.807, 2.05) is 24.3 Å². The lowest BCUT2D eigenvalue weighted by molar-refractivity contribution is -0.121. The highest BCUT2D eigenvalue weighted by molar-refractivity contribution is 7.99. The second-order valence-electron chi connectivity index (χ2n) is 5.47. The maximum absolute atomic E-state index is 13.5. The monoisotopic (exact) mass is 331 g/mol. The second-order valence-corrected chi connectivity index (χ2v) is 6.60. The first-order chi connectivity index (χ1) is 11.2. The van der Waals surface area contributed by atoms with Gasteiger partial charge in [-0.1, -0.05) is 12.1 Å². The lowest BCUT2D eigenvalue weighted by Crippen LogP contribution is -2.31. The Bertz CT molecular complexity index is 720. The van der Waals surface area contributed by atoms with Gasteiger partial charge in [0.05, 0.1) is 19.6 Å². The van der Waals surface area contributed by atoms with Crippen molar-refractivity contribution in [2.45, 2.75) is 23.8 Å². The predicted octanol–water partition coefficient (Wildman–Crippen LogP) is 3.73. The quantitative estimate of drug-likeness (QED) is 0.928. The van der Waals surface area contributed by atoms with Crippen LogP contribution in [0.15, 0.2) is 47.4 Å². The molecule has 0 aliphatic carbocycles. The minimum Gasteiger partial charge on any atom is -0.497 e. The molecule has 0 bridgehead atoms. The number of halogens is 1. The molecule has 1 heterocycles. The van der Waals surface area contributed by atoms with Crippen molar-refractivity contribution < 1.29 is 13.9 Å². The molecule has 1 aliphatic rings. The number of methoxy groups -OCH3 is 1. The van der Waals surface area contributed by atoms with E-state index in [0.717, 1.165) is 33.9 Å². The molecule has 120 valence electrons. The van der Waals surface area contributed by atoms with E-state index in [9.17, 15) is 9.18 Å². The average molecular weight is 331 g/mol. The summed E-state index contributed by atoms with van der Waals surface area (Å²) in [4.78, 5) is 13.4. The van der Waals surface area contributed by atoms with Crippen molar-refractivity contribution in [1.82, 2.24) is 5.32 Å². The maximum Gasteiger partial charge on any atom is 0.224 e. The van der Waals surface area contributed by atoms with Gasteiger partial charge in [0.2, 0.25) is 5.91 Å². The molecule has 0 aromatic heterocycles. The Morgan fingerprint density at radius 3 is 3.04 bits per heavy atom. The molecular weight excluding hydrogens is 313 g/mol. The number of ether oxygens (including phenoxy) is 1. The van der Waals surface area contributed by atoms with Crippen LogP contribution in [0, 0.1) is 5.82 Å². The minimum atomic E-state index is -0.265. The molecule has 2 aromatic rings. The average Bonchev–Trinajstić information content (AvgIpc) is 2.55. The zero-order chi connectivity index (χ0) is 16.2. The Hall–Kier alpha value is -2.01. The van der Waals surface area contributed by atoms with E-state index in [0.29, 0.717) is 0 Å². The van der Waals surface area contributed by atoms with E-state index in [2.05, 4.69) is 5.32 Å². The summed E-state index contributed by atoms with van der Waals surface area (Å²) in [5, 5.41) is 3.03. The van der Waals surface area contributed by atoms with Gasteiger partial charge in [0.15, 0.2) is 0 Å². The Morgan fingerprint density at radius 1 is 1.35 bits per heavy atom. The lowest BCUT2D eigenvalue weighted by atomic mass is 10.0. The third-order valence-corrected chi connectivity index (χ3v) is 4.97. The summed E-state index contributed by atoms with van der Waals surface area (Å²) in [5.41, 5.74) is 1.77. The molecule has 2 aromatic carbocycles. The number of thioether (sulfide) groups is 1. The molecule has 0 spiro atoms. The summed E-state index contributed by atoms with van der Waals surface area (Å²) in [6.45, 7) is 0. The largest absolute Gasteiger partial charge is 0.497 e. The highest BCUT2D eigenvalue weighted by Gasteiger charge is 2.22. The first kappa shape index (κ1) is 15.9. The Morgan fingerprint density at radius 2 is 2.22 bits per heavy atom. The predicted molar refractivity (Wildman–Crippen MR) is 89.3 cm³/mol. The molecule has 1 aliphatic heterocycles. The Kier molecular flexibility index (Phi) is 4.86. The molecule has 0 saturated carbocycles. The van der Waals surface area contributed by atoms with Crippen molar-refractivity contribution in [3.05, 3.63) is 59.4 Å². The van der Waals surface area contributed by atoms with Crippen molar-refractivity contribution >= 4 is 17.7 Å². The third-order valence-electron chi connectivity index (χ3n) is 3.85. The van der Waals surface area contributed by atoms with E-state index >= 15 is 0 Å². The molecule has 0 radical (unpaired) electrons. The number of nitrogens with one attached hydrogen (secondary N) is 1. The van der Waals surface area contributed by atoms with Gasteiger partial charge < -0.3 is 10.1 Å². The molecule has 0 saturated heterocycles. The molecule has 1 amide bonds. The first-order valence-electron chi connectivity index (χ1n) is 7.50. The number of hydrogen-bond acceptors (Lipinski definition) is 3. The van der Waals surface area contributed by atoms with Crippen LogP contribution in [0.5, 0.6) is 5.75 Å². The number of carbonyl (C=O) groups is 1. The highest BCUT2D eigenvalue weighted by Crippen LogP contribution is 2.36. The van der Waals surface area contributed by atoms with Gasteiger partial charge in [-0.15, -0.1) is 11.8 Å². The zero-order valence-electron chi connectivity index (χ0n) is 12.8. The van der Waals surface area contributed by atoms with E-state index in [4.69, 9.17) is 4.74 Å². The van der Waals surface area contributed by atoms with Crippen molar-refractivity contribution in [2.75, 3.05) is 12.9 Å². The van der Waals surface area contributed by atoms with Crippen LogP contribution in [-0.4, -0.2) is 18.8 Å². The second kappa shape index (κ2) is 7.04.